The molecule has 2 aromatic rings. The number of hydrogen-bond acceptors (Lipinski definition) is 3. The van der Waals surface area contributed by atoms with Crippen LogP contribution in [0.3, 0.4) is 0 Å². The minimum Gasteiger partial charge on any atom is -0.351 e. The Hall–Kier alpha value is -2.63. The molecule has 1 aromatic carbocycles. The van der Waals surface area contributed by atoms with Crippen molar-refractivity contribution in [3.05, 3.63) is 47.8 Å². The van der Waals surface area contributed by atoms with Crippen LogP contribution < -0.4 is 5.32 Å². The largest absolute Gasteiger partial charge is 0.351 e. The summed E-state index contributed by atoms with van der Waals surface area (Å²) in [5.74, 6) is 0.635. The van der Waals surface area contributed by atoms with Crippen molar-refractivity contribution < 1.29 is 9.59 Å². The molecule has 1 aliphatic carbocycles. The van der Waals surface area contributed by atoms with Crippen LogP contribution in [0.2, 0.25) is 0 Å². The van der Waals surface area contributed by atoms with Crippen molar-refractivity contribution >= 4 is 11.8 Å². The second kappa shape index (κ2) is 8.59. The van der Waals surface area contributed by atoms with Crippen LogP contribution in [0, 0.1) is 0 Å². The molecule has 1 N–H and O–H groups in total. The molecule has 6 nitrogen and oxygen atoms in total. The van der Waals surface area contributed by atoms with Gasteiger partial charge in [-0.1, -0.05) is 24.6 Å². The molecule has 4 rings (SSSR count). The fourth-order valence-corrected chi connectivity index (χ4v) is 3.74. The van der Waals surface area contributed by atoms with Gasteiger partial charge in [0.05, 0.1) is 11.4 Å². The maximum absolute atomic E-state index is 12.8. The number of aromatic nitrogens is 2. The molecule has 2 heterocycles. The zero-order valence-electron chi connectivity index (χ0n) is 16.3. The lowest BCUT2D eigenvalue weighted by atomic mass is 10.2. The highest BCUT2D eigenvalue weighted by Gasteiger charge is 2.29. The van der Waals surface area contributed by atoms with Crippen molar-refractivity contribution in [2.24, 2.45) is 0 Å². The summed E-state index contributed by atoms with van der Waals surface area (Å²) in [4.78, 5) is 26.8. The summed E-state index contributed by atoms with van der Waals surface area (Å²) in [5.41, 5.74) is 2.48. The summed E-state index contributed by atoms with van der Waals surface area (Å²) in [6.45, 7) is 2.12. The first-order chi connectivity index (χ1) is 13.7. The Kier molecular flexibility index (Phi) is 5.74. The summed E-state index contributed by atoms with van der Waals surface area (Å²) >= 11 is 0. The molecule has 0 bridgehead atoms. The number of para-hydroxylation sites is 1. The van der Waals surface area contributed by atoms with Gasteiger partial charge in [0.15, 0.2) is 0 Å². The van der Waals surface area contributed by atoms with Gasteiger partial charge in [0.2, 0.25) is 5.91 Å². The minimum atomic E-state index is -0.106. The van der Waals surface area contributed by atoms with Gasteiger partial charge in [-0.05, 0) is 50.3 Å². The summed E-state index contributed by atoms with van der Waals surface area (Å²) in [6.07, 6.45) is 6.94. The van der Waals surface area contributed by atoms with Crippen molar-refractivity contribution in [3.63, 3.8) is 0 Å². The monoisotopic (exact) mass is 380 g/mol. The molecule has 0 unspecified atom stereocenters. The second-order valence-corrected chi connectivity index (χ2v) is 7.78. The van der Waals surface area contributed by atoms with Crippen LogP contribution >= 0.6 is 0 Å². The van der Waals surface area contributed by atoms with Crippen molar-refractivity contribution in [2.45, 2.75) is 50.9 Å². The number of hydrogen-bond donors (Lipinski definition) is 1. The van der Waals surface area contributed by atoms with E-state index < -0.39 is 0 Å². The smallest absolute Gasteiger partial charge is 0.270 e. The lowest BCUT2D eigenvalue weighted by Crippen LogP contribution is -2.34. The highest BCUT2D eigenvalue weighted by molar-refractivity contribution is 5.93. The first kappa shape index (κ1) is 18.7. The lowest BCUT2D eigenvalue weighted by Gasteiger charge is -2.20. The van der Waals surface area contributed by atoms with Crippen LogP contribution in [0.1, 0.15) is 67.0 Å². The number of amides is 2. The second-order valence-electron chi connectivity index (χ2n) is 7.78. The quantitative estimate of drug-likeness (QED) is 0.750. The van der Waals surface area contributed by atoms with Gasteiger partial charge in [0.1, 0.15) is 5.69 Å². The topological polar surface area (TPSA) is 67.2 Å². The fraction of sp³-hybridized carbons (Fsp3) is 0.500. The normalized spacial score (nSPS) is 17.4. The maximum atomic E-state index is 12.8. The molecule has 1 saturated carbocycles. The van der Waals surface area contributed by atoms with E-state index in [1.165, 1.54) is 0 Å². The number of likely N-dealkylation sites (tertiary alicyclic amines) is 1. The average molecular weight is 380 g/mol. The number of benzene rings is 1. The van der Waals surface area contributed by atoms with E-state index >= 15 is 0 Å². The molecule has 2 fully saturated rings. The summed E-state index contributed by atoms with van der Waals surface area (Å²) in [5, 5.41) is 7.70. The third kappa shape index (κ3) is 4.43. The Balaban J connectivity index is 1.37. The van der Waals surface area contributed by atoms with Gasteiger partial charge in [-0.25, -0.2) is 4.68 Å². The van der Waals surface area contributed by atoms with Crippen LogP contribution in [-0.4, -0.2) is 46.1 Å². The Labute approximate surface area is 165 Å². The van der Waals surface area contributed by atoms with Gasteiger partial charge < -0.3 is 10.2 Å². The van der Waals surface area contributed by atoms with E-state index in [-0.39, 0.29) is 11.8 Å². The van der Waals surface area contributed by atoms with E-state index in [1.807, 2.05) is 41.3 Å². The van der Waals surface area contributed by atoms with Crippen molar-refractivity contribution in [1.82, 2.24) is 20.0 Å². The zero-order chi connectivity index (χ0) is 19.3. The Morgan fingerprint density at radius 3 is 2.75 bits per heavy atom. The molecule has 2 aliphatic rings. The third-order valence-electron chi connectivity index (χ3n) is 5.52. The predicted molar refractivity (Wildman–Crippen MR) is 108 cm³/mol. The Bertz CT molecular complexity index is 826. The van der Waals surface area contributed by atoms with E-state index in [1.54, 1.807) is 4.68 Å². The van der Waals surface area contributed by atoms with Gasteiger partial charge in [0.25, 0.3) is 5.91 Å². The summed E-state index contributed by atoms with van der Waals surface area (Å²) in [7, 11) is 0. The first-order valence-electron chi connectivity index (χ1n) is 10.4. The molecule has 0 radical (unpaired) electrons. The molecule has 0 atom stereocenters. The van der Waals surface area contributed by atoms with Crippen LogP contribution in [0.5, 0.6) is 0 Å². The number of rotatable bonds is 7. The van der Waals surface area contributed by atoms with E-state index in [0.717, 1.165) is 56.5 Å². The van der Waals surface area contributed by atoms with Crippen molar-refractivity contribution in [2.75, 3.05) is 19.6 Å². The lowest BCUT2D eigenvalue weighted by molar-refractivity contribution is -0.130. The number of nitrogens with one attached hydrogen (secondary N) is 1. The van der Waals surface area contributed by atoms with Crippen LogP contribution in [0.4, 0.5) is 0 Å². The number of carbonyl (C=O) groups excluding carboxylic acids is 2. The number of carbonyl (C=O) groups is 2. The highest BCUT2D eigenvalue weighted by atomic mass is 16.2. The first-order valence-corrected chi connectivity index (χ1v) is 10.4. The van der Waals surface area contributed by atoms with Crippen LogP contribution in [0.25, 0.3) is 5.69 Å². The third-order valence-corrected chi connectivity index (χ3v) is 5.52. The van der Waals surface area contributed by atoms with Gasteiger partial charge in [-0.15, -0.1) is 0 Å². The van der Waals surface area contributed by atoms with Gasteiger partial charge in [-0.2, -0.15) is 5.10 Å². The van der Waals surface area contributed by atoms with E-state index in [9.17, 15) is 9.59 Å². The average Bonchev–Trinajstić information content (AvgIpc) is 3.50. The van der Waals surface area contributed by atoms with Crippen LogP contribution in [0.15, 0.2) is 36.4 Å². The molecule has 0 spiro atoms. The van der Waals surface area contributed by atoms with Crippen molar-refractivity contribution in [3.8, 4) is 5.69 Å². The SMILES string of the molecule is O=C(NCCCN1CCCCCC1=O)c1cc(C2CC2)nn1-c1ccccc1. The maximum Gasteiger partial charge on any atom is 0.270 e. The molecule has 28 heavy (non-hydrogen) atoms. The fourth-order valence-electron chi connectivity index (χ4n) is 3.74. The zero-order valence-corrected chi connectivity index (χ0v) is 16.3. The molecule has 148 valence electrons. The summed E-state index contributed by atoms with van der Waals surface area (Å²) < 4.78 is 1.75. The molecule has 1 aromatic heterocycles. The van der Waals surface area contributed by atoms with E-state index in [2.05, 4.69) is 10.4 Å². The molecular formula is C22H28N4O2. The van der Waals surface area contributed by atoms with Gasteiger partial charge in [0, 0.05) is 32.0 Å². The Morgan fingerprint density at radius 1 is 1.14 bits per heavy atom. The van der Waals surface area contributed by atoms with Crippen molar-refractivity contribution in [1.29, 1.82) is 0 Å². The number of nitrogens with zero attached hydrogens (tertiary/aromatic N) is 3. The predicted octanol–water partition coefficient (Wildman–Crippen LogP) is 3.27. The molecule has 6 heteroatoms. The van der Waals surface area contributed by atoms with Crippen LogP contribution in [-0.2, 0) is 4.79 Å². The van der Waals surface area contributed by atoms with Gasteiger partial charge in [-0.3, -0.25) is 9.59 Å². The molecule has 1 saturated heterocycles. The summed E-state index contributed by atoms with van der Waals surface area (Å²) in [6, 6.07) is 11.7. The van der Waals surface area contributed by atoms with E-state index in [4.69, 9.17) is 0 Å². The standard InChI is InChI=1S/C22H28N4O2/c27-21-10-5-2-6-14-25(21)15-7-13-23-22(28)20-16-19(17-11-12-17)24-26(20)18-8-3-1-4-9-18/h1,3-4,8-9,16-17H,2,5-7,10-15H2,(H,23,28). The van der Waals surface area contributed by atoms with Gasteiger partial charge >= 0.3 is 0 Å². The van der Waals surface area contributed by atoms with E-state index in [0.29, 0.717) is 31.1 Å². The Morgan fingerprint density at radius 2 is 1.96 bits per heavy atom. The minimum absolute atomic E-state index is 0.106. The highest BCUT2D eigenvalue weighted by Crippen LogP contribution is 2.39. The molecule has 1 aliphatic heterocycles. The molecular weight excluding hydrogens is 352 g/mol. The molecule has 2 amide bonds.